The molecule has 8 rings (SSSR count). The van der Waals surface area contributed by atoms with Gasteiger partial charge >= 0.3 is 99.2 Å². The van der Waals surface area contributed by atoms with Gasteiger partial charge in [0, 0.05) is 10.8 Å². The third kappa shape index (κ3) is 7.92. The molecule has 0 aromatic heterocycles. The molecule has 5 aromatic carbocycles. The Morgan fingerprint density at radius 3 is 1.48 bits per heavy atom. The maximum atomic E-state index is 3.16. The molecule has 3 aliphatic rings. The Morgan fingerprint density at radius 2 is 1.12 bits per heavy atom. The van der Waals surface area contributed by atoms with Gasteiger partial charge in [0.15, 0.2) is 0 Å². The predicted octanol–water partition coefficient (Wildman–Crippen LogP) is 5.85. The van der Waals surface area contributed by atoms with Crippen molar-refractivity contribution in [1.82, 2.24) is 0 Å². The minimum absolute atomic E-state index is 0. The standard InChI is InChI=1S/C23H21.C13H10.C9H13.2ClH.Zr/c1-22(2)7-5-14-10-18-16(12-20(14)22)9-17-13-21-15(11-19(17)18)6-8-23(21,3)4;1-3-7-12(8-4-1)11-13-9-5-2-6-10-13;1-9(2,3)8-6-4-5-7-8;;;/h5-13H,1-4H3;1-10H;6-7H,4H2,1-3H3;2*1H;/q-1;;-1;;;+2/p-2. The van der Waals surface area contributed by atoms with Crippen LogP contribution >= 0.6 is 0 Å². The third-order valence-corrected chi connectivity index (χ3v) is 10.9. The van der Waals surface area contributed by atoms with Gasteiger partial charge in [-0.3, -0.25) is 6.08 Å². The summed E-state index contributed by atoms with van der Waals surface area (Å²) in [4.78, 5) is 0. The first-order chi connectivity index (χ1) is 21.8. The van der Waals surface area contributed by atoms with Crippen molar-refractivity contribution in [3.8, 4) is 0 Å². The van der Waals surface area contributed by atoms with Crippen LogP contribution in [0.5, 0.6) is 0 Å². The Balaban J connectivity index is 0.000000179. The van der Waals surface area contributed by atoms with Crippen LogP contribution in [0.25, 0.3) is 33.7 Å². The fourth-order valence-corrected chi connectivity index (χ4v) is 7.42. The van der Waals surface area contributed by atoms with Crippen molar-refractivity contribution in [1.29, 1.82) is 0 Å². The van der Waals surface area contributed by atoms with E-state index < -0.39 is 0 Å². The molecule has 0 spiro atoms. The molecule has 0 aliphatic heterocycles. The van der Waals surface area contributed by atoms with Crippen LogP contribution in [-0.2, 0) is 35.1 Å². The van der Waals surface area contributed by atoms with Gasteiger partial charge in [-0.25, -0.2) is 6.08 Å². The Bertz CT molecular complexity index is 1920. The number of rotatable bonds is 2. The molecular weight excluding hydrogens is 703 g/mol. The van der Waals surface area contributed by atoms with E-state index in [4.69, 9.17) is 0 Å². The summed E-state index contributed by atoms with van der Waals surface area (Å²) in [5.74, 6) is 0. The van der Waals surface area contributed by atoms with Crippen LogP contribution in [0, 0.1) is 11.5 Å². The van der Waals surface area contributed by atoms with E-state index in [-0.39, 0.29) is 35.6 Å². The Labute approximate surface area is 315 Å². The van der Waals surface area contributed by atoms with Crippen LogP contribution in [0.1, 0.15) is 88.3 Å². The van der Waals surface area contributed by atoms with Gasteiger partial charge in [-0.1, -0.05) is 101 Å². The number of fused-ring (bicyclic) bond motifs is 5. The second-order valence-corrected chi connectivity index (χ2v) is 16.1. The number of hydrogen-bond acceptors (Lipinski definition) is 0. The number of allylic oxidation sites excluding steroid dienone is 6. The fourth-order valence-electron chi connectivity index (χ4n) is 6.60. The molecule has 0 fully saturated rings. The first-order valence-electron chi connectivity index (χ1n) is 16.4. The monoisotopic (exact) mass is 744 g/mol. The molecule has 0 radical (unpaired) electrons. The van der Waals surface area contributed by atoms with E-state index in [2.05, 4.69) is 182 Å². The first kappa shape index (κ1) is 37.9. The maximum absolute atomic E-state index is 3.16. The van der Waals surface area contributed by atoms with Gasteiger partial charge < -0.3 is 24.8 Å². The summed E-state index contributed by atoms with van der Waals surface area (Å²) in [7, 11) is 0. The minimum atomic E-state index is 0. The zero-order chi connectivity index (χ0) is 32.7. The molecule has 0 N–H and O–H groups in total. The Morgan fingerprint density at radius 1 is 0.688 bits per heavy atom. The zero-order valence-electron chi connectivity index (χ0n) is 29.1. The van der Waals surface area contributed by atoms with Crippen LogP contribution < -0.4 is 24.8 Å². The van der Waals surface area contributed by atoms with Crippen molar-refractivity contribution in [2.75, 3.05) is 0 Å². The molecule has 5 aromatic rings. The molecule has 3 aliphatic carbocycles. The van der Waals surface area contributed by atoms with Gasteiger partial charge in [-0.2, -0.15) is 11.6 Å². The van der Waals surface area contributed by atoms with E-state index in [9.17, 15) is 0 Å². The molecule has 244 valence electrons. The van der Waals surface area contributed by atoms with Crippen molar-refractivity contribution >= 4 is 36.9 Å². The molecule has 48 heavy (non-hydrogen) atoms. The van der Waals surface area contributed by atoms with E-state index in [0.29, 0.717) is 5.41 Å². The van der Waals surface area contributed by atoms with E-state index in [0.717, 1.165) is 6.42 Å². The molecule has 3 heteroatoms. The summed E-state index contributed by atoms with van der Waals surface area (Å²) in [5.41, 5.74) is 10.4. The summed E-state index contributed by atoms with van der Waals surface area (Å²) in [6.45, 7) is 15.9. The molecule has 0 saturated carbocycles. The Kier molecular flexibility index (Phi) is 11.7. The van der Waals surface area contributed by atoms with Crippen molar-refractivity contribution in [3.63, 3.8) is 0 Å². The van der Waals surface area contributed by atoms with Gasteiger partial charge in [0.05, 0.1) is 0 Å². The van der Waals surface area contributed by atoms with Crippen LogP contribution in [0.2, 0.25) is 0 Å². The molecule has 0 heterocycles. The van der Waals surface area contributed by atoms with Gasteiger partial charge in [-0.15, -0.1) is 46.2 Å². The SMILES string of the molecule is CC(C)(C)C1=CC[C-]=C1.CC1(C)C=Cc2cc3c(cc21)[cH-]c1cc2c(cc13)C=CC2(C)C.[Cl-].[Cl-].[Zr+2]=[C](c1ccccc1)c1ccccc1. The molecular formula is C45H44Cl2Zr-2. The molecule has 0 nitrogen and oxygen atoms in total. The summed E-state index contributed by atoms with van der Waals surface area (Å²) in [5, 5.41) is 5.53. The van der Waals surface area contributed by atoms with Crippen LogP contribution in [-0.4, -0.2) is 3.21 Å². The van der Waals surface area contributed by atoms with Crippen molar-refractivity contribution < 1.29 is 49.0 Å². The van der Waals surface area contributed by atoms with Gasteiger partial charge in [0.1, 0.15) is 0 Å². The summed E-state index contributed by atoms with van der Waals surface area (Å²) in [6, 6.07) is 33.0. The molecule has 0 unspecified atom stereocenters. The Hall–Kier alpha value is -2.96. The quantitative estimate of drug-likeness (QED) is 0.199. The first-order valence-corrected chi connectivity index (χ1v) is 17.6. The number of benzene rings is 4. The molecule has 0 atom stereocenters. The third-order valence-electron chi connectivity index (χ3n) is 9.48. The van der Waals surface area contributed by atoms with Gasteiger partial charge in [-0.05, 0) is 11.1 Å². The van der Waals surface area contributed by atoms with Gasteiger partial charge in [0.25, 0.3) is 0 Å². The van der Waals surface area contributed by atoms with E-state index in [1.165, 1.54) is 87.9 Å². The van der Waals surface area contributed by atoms with Crippen LogP contribution in [0.3, 0.4) is 0 Å². The zero-order valence-corrected chi connectivity index (χ0v) is 33.1. The number of halogens is 2. The second kappa shape index (κ2) is 14.9. The topological polar surface area (TPSA) is 0 Å². The van der Waals surface area contributed by atoms with Crippen LogP contribution in [0.4, 0.5) is 0 Å². The molecule has 0 amide bonds. The van der Waals surface area contributed by atoms with Gasteiger partial charge in [0.2, 0.25) is 0 Å². The summed E-state index contributed by atoms with van der Waals surface area (Å²) < 4.78 is 1.42. The van der Waals surface area contributed by atoms with E-state index >= 15 is 0 Å². The normalized spacial score (nSPS) is 15.7. The molecule has 0 saturated heterocycles. The second-order valence-electron chi connectivity index (χ2n) is 14.9. The molecule has 0 bridgehead atoms. The average Bonchev–Trinajstić information content (AvgIpc) is 3.82. The van der Waals surface area contributed by atoms with Crippen LogP contribution in [0.15, 0.2) is 121 Å². The van der Waals surface area contributed by atoms with Crippen molar-refractivity contribution in [2.45, 2.75) is 65.7 Å². The van der Waals surface area contributed by atoms with E-state index in [1.54, 1.807) is 0 Å². The fraction of sp³-hybridized carbons (Fsp3) is 0.244. The average molecular weight is 747 g/mol. The predicted molar refractivity (Wildman–Crippen MR) is 197 cm³/mol. The number of hydrogen-bond donors (Lipinski definition) is 0. The van der Waals surface area contributed by atoms with E-state index in [1.807, 2.05) is 0 Å². The van der Waals surface area contributed by atoms with Crippen molar-refractivity contribution in [2.24, 2.45) is 5.41 Å². The summed E-state index contributed by atoms with van der Waals surface area (Å²) >= 11 is 1.46. The summed E-state index contributed by atoms with van der Waals surface area (Å²) in [6.07, 6.45) is 17.7. The van der Waals surface area contributed by atoms with Crippen molar-refractivity contribution in [3.05, 3.63) is 160 Å².